The molecule has 0 aliphatic heterocycles. The van der Waals surface area contributed by atoms with Gasteiger partial charge >= 0.3 is 0 Å². The van der Waals surface area contributed by atoms with Crippen molar-refractivity contribution in [1.82, 2.24) is 15.0 Å². The number of fused-ring (bicyclic) bond motifs is 1. The molecule has 0 saturated carbocycles. The molecule has 0 aliphatic carbocycles. The summed E-state index contributed by atoms with van der Waals surface area (Å²) in [5, 5.41) is 4.00. The van der Waals surface area contributed by atoms with Crippen LogP contribution < -0.4 is 14.8 Å². The highest BCUT2D eigenvalue weighted by Crippen LogP contribution is 2.34. The number of anilines is 2. The molecule has 0 amide bonds. The van der Waals surface area contributed by atoms with Crippen LogP contribution in [0.2, 0.25) is 0 Å². The van der Waals surface area contributed by atoms with E-state index in [0.717, 1.165) is 10.9 Å². The van der Waals surface area contributed by atoms with Gasteiger partial charge < -0.3 is 19.8 Å². The highest BCUT2D eigenvalue weighted by molar-refractivity contribution is 7.71. The zero-order valence-corrected chi connectivity index (χ0v) is 12.9. The lowest BCUT2D eigenvalue weighted by Gasteiger charge is -2.12. The SMILES string of the molecule is COc1cc2[nH]c(=S)nc(Nc3ccccn3)c2cc1OC. The number of methoxy groups -OCH3 is 2. The first-order chi connectivity index (χ1) is 10.7. The normalized spacial score (nSPS) is 10.5. The molecule has 0 aliphatic rings. The maximum absolute atomic E-state index is 5.34. The van der Waals surface area contributed by atoms with E-state index < -0.39 is 0 Å². The number of H-pyrrole nitrogens is 1. The van der Waals surface area contributed by atoms with Crippen molar-refractivity contribution in [1.29, 1.82) is 0 Å². The molecule has 2 aromatic heterocycles. The summed E-state index contributed by atoms with van der Waals surface area (Å²) in [7, 11) is 3.18. The molecule has 6 nitrogen and oxygen atoms in total. The predicted octanol–water partition coefficient (Wildman–Crippen LogP) is 3.45. The number of nitrogens with one attached hydrogen (secondary N) is 2. The van der Waals surface area contributed by atoms with E-state index in [1.54, 1.807) is 20.4 Å². The maximum atomic E-state index is 5.34. The summed E-state index contributed by atoms with van der Waals surface area (Å²) >= 11 is 5.18. The van der Waals surface area contributed by atoms with Gasteiger partial charge in [0.25, 0.3) is 0 Å². The molecule has 0 fully saturated rings. The molecule has 0 atom stereocenters. The van der Waals surface area contributed by atoms with Gasteiger partial charge in [-0.2, -0.15) is 0 Å². The van der Waals surface area contributed by atoms with E-state index in [1.807, 2.05) is 30.3 Å². The minimum Gasteiger partial charge on any atom is -0.493 e. The van der Waals surface area contributed by atoms with Crippen LogP contribution in [-0.2, 0) is 0 Å². The number of aromatic nitrogens is 3. The molecule has 0 radical (unpaired) electrons. The molecule has 0 saturated heterocycles. The Morgan fingerprint density at radius 1 is 1.14 bits per heavy atom. The maximum Gasteiger partial charge on any atom is 0.199 e. The third kappa shape index (κ3) is 2.71. The van der Waals surface area contributed by atoms with E-state index in [0.29, 0.717) is 27.9 Å². The number of hydrogen-bond acceptors (Lipinski definition) is 6. The second-order valence-corrected chi connectivity index (χ2v) is 4.87. The second-order valence-electron chi connectivity index (χ2n) is 4.48. The number of hydrogen-bond donors (Lipinski definition) is 2. The second kappa shape index (κ2) is 5.98. The lowest BCUT2D eigenvalue weighted by Crippen LogP contribution is -2.00. The molecule has 1 aromatic carbocycles. The fraction of sp³-hybridized carbons (Fsp3) is 0.133. The summed E-state index contributed by atoms with van der Waals surface area (Å²) in [4.78, 5) is 11.6. The zero-order valence-electron chi connectivity index (χ0n) is 12.1. The standard InChI is InChI=1S/C15H14N4O2S/c1-20-11-7-9-10(8-12(11)21-2)17-15(22)19-14(9)18-13-5-3-4-6-16-13/h3-8H,1-2H3,(H2,16,17,18,19,22). The first-order valence-corrected chi connectivity index (χ1v) is 6.96. The fourth-order valence-corrected chi connectivity index (χ4v) is 2.34. The molecular formula is C15H14N4O2S. The molecule has 7 heteroatoms. The van der Waals surface area contributed by atoms with Gasteiger partial charge in [-0.25, -0.2) is 9.97 Å². The van der Waals surface area contributed by atoms with Crippen LogP contribution in [0.15, 0.2) is 36.5 Å². The third-order valence-corrected chi connectivity index (χ3v) is 3.34. The van der Waals surface area contributed by atoms with E-state index in [2.05, 4.69) is 20.3 Å². The van der Waals surface area contributed by atoms with E-state index in [4.69, 9.17) is 21.7 Å². The van der Waals surface area contributed by atoms with E-state index in [9.17, 15) is 0 Å². The van der Waals surface area contributed by atoms with Crippen LogP contribution >= 0.6 is 12.2 Å². The highest BCUT2D eigenvalue weighted by Gasteiger charge is 2.11. The largest absolute Gasteiger partial charge is 0.493 e. The van der Waals surface area contributed by atoms with Crippen LogP contribution in [0.25, 0.3) is 10.9 Å². The van der Waals surface area contributed by atoms with Crippen molar-refractivity contribution in [3.63, 3.8) is 0 Å². The lowest BCUT2D eigenvalue weighted by atomic mass is 10.2. The minimum absolute atomic E-state index is 0.373. The minimum atomic E-state index is 0.373. The van der Waals surface area contributed by atoms with Gasteiger partial charge in [0.2, 0.25) is 0 Å². The van der Waals surface area contributed by atoms with Gasteiger partial charge in [-0.1, -0.05) is 6.07 Å². The molecule has 0 spiro atoms. The van der Waals surface area contributed by atoms with Gasteiger partial charge in [0, 0.05) is 17.6 Å². The van der Waals surface area contributed by atoms with Crippen molar-refractivity contribution in [3.05, 3.63) is 41.3 Å². The molecule has 112 valence electrons. The summed E-state index contributed by atoms with van der Waals surface area (Å²) in [6.45, 7) is 0. The smallest absolute Gasteiger partial charge is 0.199 e. The quantitative estimate of drug-likeness (QED) is 0.719. The number of aromatic amines is 1. The van der Waals surface area contributed by atoms with Crippen molar-refractivity contribution < 1.29 is 9.47 Å². The molecule has 2 N–H and O–H groups in total. The molecule has 3 aromatic rings. The summed E-state index contributed by atoms with van der Waals surface area (Å²) < 4.78 is 11.0. The Hall–Kier alpha value is -2.67. The monoisotopic (exact) mass is 314 g/mol. The summed E-state index contributed by atoms with van der Waals surface area (Å²) in [6, 6.07) is 9.27. The van der Waals surface area contributed by atoms with Crippen molar-refractivity contribution in [2.24, 2.45) is 0 Å². The fourth-order valence-electron chi connectivity index (χ4n) is 2.14. The number of ether oxygens (including phenoxy) is 2. The Labute approximate surface area is 132 Å². The Morgan fingerprint density at radius 3 is 2.59 bits per heavy atom. The number of rotatable bonds is 4. The van der Waals surface area contributed by atoms with Crippen molar-refractivity contribution >= 4 is 34.8 Å². The van der Waals surface area contributed by atoms with E-state index in [-0.39, 0.29) is 0 Å². The Kier molecular flexibility index (Phi) is 3.88. The Morgan fingerprint density at radius 2 is 1.91 bits per heavy atom. The number of benzene rings is 1. The first-order valence-electron chi connectivity index (χ1n) is 6.55. The van der Waals surface area contributed by atoms with Crippen LogP contribution in [0.3, 0.4) is 0 Å². The van der Waals surface area contributed by atoms with Crippen molar-refractivity contribution in [3.8, 4) is 11.5 Å². The molecule has 0 bridgehead atoms. The first kappa shape index (κ1) is 14.3. The van der Waals surface area contributed by atoms with Gasteiger partial charge in [0.05, 0.1) is 19.7 Å². The van der Waals surface area contributed by atoms with Gasteiger partial charge in [0.15, 0.2) is 16.3 Å². The summed E-state index contributed by atoms with van der Waals surface area (Å²) in [5.74, 6) is 2.53. The average molecular weight is 314 g/mol. The Bertz CT molecular complexity index is 865. The van der Waals surface area contributed by atoms with E-state index in [1.165, 1.54) is 0 Å². The molecule has 2 heterocycles. The molecule has 22 heavy (non-hydrogen) atoms. The molecule has 0 unspecified atom stereocenters. The third-order valence-electron chi connectivity index (χ3n) is 3.15. The van der Waals surface area contributed by atoms with Crippen LogP contribution in [0.4, 0.5) is 11.6 Å². The van der Waals surface area contributed by atoms with Crippen LogP contribution in [0, 0.1) is 4.77 Å². The summed E-state index contributed by atoms with van der Waals surface area (Å²) in [6.07, 6.45) is 1.71. The number of nitrogens with zero attached hydrogens (tertiary/aromatic N) is 2. The van der Waals surface area contributed by atoms with Crippen LogP contribution in [-0.4, -0.2) is 29.2 Å². The molecule has 3 rings (SSSR count). The zero-order chi connectivity index (χ0) is 15.5. The lowest BCUT2D eigenvalue weighted by molar-refractivity contribution is 0.356. The van der Waals surface area contributed by atoms with Gasteiger partial charge in [0.1, 0.15) is 11.6 Å². The average Bonchev–Trinajstić information content (AvgIpc) is 2.54. The van der Waals surface area contributed by atoms with Crippen LogP contribution in [0.1, 0.15) is 0 Å². The predicted molar refractivity (Wildman–Crippen MR) is 87.6 cm³/mol. The van der Waals surface area contributed by atoms with Gasteiger partial charge in [-0.05, 0) is 30.4 Å². The van der Waals surface area contributed by atoms with E-state index >= 15 is 0 Å². The van der Waals surface area contributed by atoms with Crippen molar-refractivity contribution in [2.45, 2.75) is 0 Å². The molecular weight excluding hydrogens is 300 g/mol. The highest BCUT2D eigenvalue weighted by atomic mass is 32.1. The van der Waals surface area contributed by atoms with Crippen LogP contribution in [0.5, 0.6) is 11.5 Å². The summed E-state index contributed by atoms with van der Waals surface area (Å²) in [5.41, 5.74) is 0.802. The van der Waals surface area contributed by atoms with Crippen molar-refractivity contribution in [2.75, 3.05) is 19.5 Å². The van der Waals surface area contributed by atoms with Gasteiger partial charge in [-0.3, -0.25) is 0 Å². The number of pyridine rings is 1. The topological polar surface area (TPSA) is 72.1 Å². The van der Waals surface area contributed by atoms with Gasteiger partial charge in [-0.15, -0.1) is 0 Å². The Balaban J connectivity index is 2.18.